The highest BCUT2D eigenvalue weighted by molar-refractivity contribution is 9.10. The number of hydrogen-bond acceptors (Lipinski definition) is 0. The molecule has 0 N–H and O–H groups in total. The maximum absolute atomic E-state index is 13.3. The second-order valence-corrected chi connectivity index (χ2v) is 4.52. The fraction of sp³-hybridized carbons (Fsp3) is 0. The molecule has 0 atom stereocenters. The first-order valence-corrected chi connectivity index (χ1v) is 5.65. The van der Waals surface area contributed by atoms with Crippen molar-refractivity contribution in [1.29, 1.82) is 0 Å². The Morgan fingerprint density at radius 1 is 0.938 bits per heavy atom. The second kappa shape index (κ2) is 4.52. The van der Waals surface area contributed by atoms with Gasteiger partial charge in [0.25, 0.3) is 0 Å². The molecule has 2 aromatic carbocycles. The average Bonchev–Trinajstić information content (AvgIpc) is 2.26. The van der Waals surface area contributed by atoms with Gasteiger partial charge < -0.3 is 0 Å². The molecule has 82 valence electrons. The van der Waals surface area contributed by atoms with Gasteiger partial charge in [-0.2, -0.15) is 0 Å². The maximum atomic E-state index is 13.3. The molecule has 16 heavy (non-hydrogen) atoms. The molecule has 2 rings (SSSR count). The molecule has 0 aromatic heterocycles. The molecule has 0 unspecified atom stereocenters. The summed E-state index contributed by atoms with van der Waals surface area (Å²) >= 11 is 8.80. The van der Waals surface area contributed by atoms with E-state index in [4.69, 9.17) is 11.6 Å². The molecular formula is C12H6BrClF2. The summed E-state index contributed by atoms with van der Waals surface area (Å²) in [4.78, 5) is 0. The van der Waals surface area contributed by atoms with E-state index in [-0.39, 0.29) is 10.8 Å². The molecule has 4 heteroatoms. The molecule has 0 saturated heterocycles. The van der Waals surface area contributed by atoms with Gasteiger partial charge in [-0.05, 0) is 51.3 Å². The zero-order valence-electron chi connectivity index (χ0n) is 7.98. The van der Waals surface area contributed by atoms with Crippen LogP contribution in [0.15, 0.2) is 40.9 Å². The summed E-state index contributed by atoms with van der Waals surface area (Å²) in [5.41, 5.74) is 1.52. The van der Waals surface area contributed by atoms with Crippen LogP contribution in [0, 0.1) is 11.6 Å². The highest BCUT2D eigenvalue weighted by Crippen LogP contribution is 2.30. The third kappa shape index (κ3) is 2.25. The number of hydrogen-bond donors (Lipinski definition) is 0. The Balaban J connectivity index is 2.52. The summed E-state index contributed by atoms with van der Waals surface area (Å²) in [6.45, 7) is 0. The topological polar surface area (TPSA) is 0 Å². The third-order valence-corrected chi connectivity index (χ3v) is 3.01. The van der Waals surface area contributed by atoms with Crippen LogP contribution >= 0.6 is 27.5 Å². The molecule has 0 radical (unpaired) electrons. The van der Waals surface area contributed by atoms with Gasteiger partial charge in [-0.3, -0.25) is 0 Å². The van der Waals surface area contributed by atoms with Crippen molar-refractivity contribution < 1.29 is 8.78 Å². The van der Waals surface area contributed by atoms with Crippen LogP contribution in [0.3, 0.4) is 0 Å². The lowest BCUT2D eigenvalue weighted by Gasteiger charge is -2.05. The van der Waals surface area contributed by atoms with Gasteiger partial charge in [0.2, 0.25) is 0 Å². The zero-order valence-corrected chi connectivity index (χ0v) is 10.3. The van der Waals surface area contributed by atoms with E-state index >= 15 is 0 Å². The highest BCUT2D eigenvalue weighted by atomic mass is 79.9. The van der Waals surface area contributed by atoms with E-state index in [9.17, 15) is 8.78 Å². The molecular weight excluding hydrogens is 297 g/mol. The fourth-order valence-electron chi connectivity index (χ4n) is 1.36. The minimum Gasteiger partial charge on any atom is -0.207 e. The van der Waals surface area contributed by atoms with E-state index in [1.54, 1.807) is 18.2 Å². The van der Waals surface area contributed by atoms with Gasteiger partial charge in [-0.1, -0.05) is 23.7 Å². The first kappa shape index (κ1) is 11.6. The summed E-state index contributed by atoms with van der Waals surface area (Å²) in [5, 5.41) is 0.0358. The Hall–Kier alpha value is -0.930. The number of benzene rings is 2. The van der Waals surface area contributed by atoms with Crippen molar-refractivity contribution in [2.45, 2.75) is 0 Å². The average molecular weight is 304 g/mol. The fourth-order valence-corrected chi connectivity index (χ4v) is 2.16. The predicted molar refractivity (Wildman–Crippen MR) is 64.5 cm³/mol. The van der Waals surface area contributed by atoms with Crippen LogP contribution in [-0.4, -0.2) is 0 Å². The molecule has 0 spiro atoms. The van der Waals surface area contributed by atoms with Crippen LogP contribution in [0.1, 0.15) is 0 Å². The molecule has 0 aliphatic rings. The first-order chi connectivity index (χ1) is 7.58. The van der Waals surface area contributed by atoms with Crippen molar-refractivity contribution >= 4 is 27.5 Å². The minimum atomic E-state index is -0.493. The van der Waals surface area contributed by atoms with Gasteiger partial charge in [0.05, 0.1) is 9.50 Å². The highest BCUT2D eigenvalue weighted by Gasteiger charge is 2.08. The SMILES string of the molecule is Fc1ccc(-c2cc(Cl)c(F)c(Br)c2)cc1. The van der Waals surface area contributed by atoms with E-state index in [2.05, 4.69) is 15.9 Å². The van der Waals surface area contributed by atoms with Gasteiger partial charge in [0.1, 0.15) is 5.82 Å². The van der Waals surface area contributed by atoms with E-state index < -0.39 is 5.82 Å². The van der Waals surface area contributed by atoms with Gasteiger partial charge >= 0.3 is 0 Å². The second-order valence-electron chi connectivity index (χ2n) is 3.26. The van der Waals surface area contributed by atoms with Crippen LogP contribution in [0.4, 0.5) is 8.78 Å². The molecule has 0 aliphatic carbocycles. The van der Waals surface area contributed by atoms with E-state index in [1.165, 1.54) is 18.2 Å². The Bertz CT molecular complexity index is 500. The Morgan fingerprint density at radius 3 is 2.12 bits per heavy atom. The lowest BCUT2D eigenvalue weighted by molar-refractivity contribution is 0.621. The summed E-state index contributed by atoms with van der Waals surface area (Å²) in [6.07, 6.45) is 0. The van der Waals surface area contributed by atoms with Crippen molar-refractivity contribution in [3.8, 4) is 11.1 Å². The molecule has 0 nitrogen and oxygen atoms in total. The zero-order chi connectivity index (χ0) is 11.7. The maximum Gasteiger partial charge on any atom is 0.155 e. The molecule has 0 aliphatic heterocycles. The lowest BCUT2D eigenvalue weighted by Crippen LogP contribution is -1.84. The molecule has 0 heterocycles. The summed E-state index contributed by atoms with van der Waals surface area (Å²) in [5.74, 6) is -0.802. The lowest BCUT2D eigenvalue weighted by atomic mass is 10.1. The Morgan fingerprint density at radius 2 is 1.56 bits per heavy atom. The largest absolute Gasteiger partial charge is 0.207 e. The normalized spacial score (nSPS) is 10.5. The molecule has 0 bridgehead atoms. The molecule has 2 aromatic rings. The molecule has 0 saturated carbocycles. The smallest absolute Gasteiger partial charge is 0.155 e. The van der Waals surface area contributed by atoms with E-state index in [0.717, 1.165) is 11.1 Å². The van der Waals surface area contributed by atoms with Crippen molar-refractivity contribution in [3.05, 3.63) is 57.5 Å². The van der Waals surface area contributed by atoms with Crippen LogP contribution in [-0.2, 0) is 0 Å². The Kier molecular flexibility index (Phi) is 3.26. The van der Waals surface area contributed by atoms with Crippen molar-refractivity contribution in [3.63, 3.8) is 0 Å². The minimum absolute atomic E-state index is 0.0358. The Labute approximate surface area is 105 Å². The van der Waals surface area contributed by atoms with Crippen molar-refractivity contribution in [2.75, 3.05) is 0 Å². The monoisotopic (exact) mass is 302 g/mol. The summed E-state index contributed by atoms with van der Waals surface area (Å²) < 4.78 is 26.3. The van der Waals surface area contributed by atoms with Crippen LogP contribution in [0.2, 0.25) is 5.02 Å². The predicted octanol–water partition coefficient (Wildman–Crippen LogP) is 5.05. The molecule has 0 amide bonds. The van der Waals surface area contributed by atoms with Crippen molar-refractivity contribution in [1.82, 2.24) is 0 Å². The first-order valence-electron chi connectivity index (χ1n) is 4.48. The van der Waals surface area contributed by atoms with Crippen molar-refractivity contribution in [2.24, 2.45) is 0 Å². The van der Waals surface area contributed by atoms with Crippen LogP contribution < -0.4 is 0 Å². The number of rotatable bonds is 1. The standard InChI is InChI=1S/C12H6BrClF2/c13-10-5-8(6-11(14)12(10)16)7-1-3-9(15)4-2-7/h1-6H. The summed E-state index contributed by atoms with van der Waals surface area (Å²) in [6, 6.07) is 9.04. The van der Waals surface area contributed by atoms with E-state index in [1.807, 2.05) is 0 Å². The van der Waals surface area contributed by atoms with Gasteiger partial charge in [0.15, 0.2) is 5.82 Å². The van der Waals surface area contributed by atoms with Gasteiger partial charge in [-0.25, -0.2) is 8.78 Å². The molecule has 0 fully saturated rings. The summed E-state index contributed by atoms with van der Waals surface area (Å²) in [7, 11) is 0. The van der Waals surface area contributed by atoms with Gasteiger partial charge in [0, 0.05) is 0 Å². The third-order valence-electron chi connectivity index (χ3n) is 2.16. The van der Waals surface area contributed by atoms with E-state index in [0.29, 0.717) is 4.47 Å². The van der Waals surface area contributed by atoms with Crippen LogP contribution in [0.5, 0.6) is 0 Å². The number of halogens is 4. The van der Waals surface area contributed by atoms with Gasteiger partial charge in [-0.15, -0.1) is 0 Å². The van der Waals surface area contributed by atoms with Crippen LogP contribution in [0.25, 0.3) is 11.1 Å². The quantitative estimate of drug-likeness (QED) is 0.647.